The molecule has 0 bridgehead atoms. The predicted molar refractivity (Wildman–Crippen MR) is 83.4 cm³/mol. The number of carbonyl (C=O) groups excluding carboxylic acids is 1. The van der Waals surface area contributed by atoms with E-state index in [-0.39, 0.29) is 5.91 Å². The lowest BCUT2D eigenvalue weighted by atomic mass is 10.1. The molecule has 2 aromatic carbocycles. The Kier molecular flexibility index (Phi) is 4.55. The van der Waals surface area contributed by atoms with Crippen LogP contribution >= 0.6 is 11.6 Å². The zero-order valence-corrected chi connectivity index (χ0v) is 12.4. The van der Waals surface area contributed by atoms with E-state index >= 15 is 0 Å². The molecule has 0 unspecified atom stereocenters. The Morgan fingerprint density at radius 2 is 1.71 bits per heavy atom. The van der Waals surface area contributed by atoms with Crippen LogP contribution in [0.4, 0.5) is 11.4 Å². The molecule has 0 heterocycles. The summed E-state index contributed by atoms with van der Waals surface area (Å²) in [5.74, 6) is 0.777. The molecule has 2 aromatic rings. The number of amides is 1. The molecular weight excluding hydrogens is 292 g/mol. The van der Waals surface area contributed by atoms with Gasteiger partial charge in [-0.25, -0.2) is 0 Å². The van der Waals surface area contributed by atoms with E-state index < -0.39 is 0 Å². The average Bonchev–Trinajstić information content (AvgIpc) is 2.50. The van der Waals surface area contributed by atoms with Gasteiger partial charge in [0.25, 0.3) is 5.91 Å². The first kappa shape index (κ1) is 15.0. The lowest BCUT2D eigenvalue weighted by Crippen LogP contribution is -2.12. The average molecular weight is 307 g/mol. The molecule has 3 N–H and O–H groups in total. The van der Waals surface area contributed by atoms with Crippen molar-refractivity contribution in [1.82, 2.24) is 0 Å². The molecular formula is C15H15ClN2O3. The van der Waals surface area contributed by atoms with E-state index in [2.05, 4.69) is 5.32 Å². The van der Waals surface area contributed by atoms with Gasteiger partial charge in [0.1, 0.15) is 11.5 Å². The molecule has 0 fully saturated rings. The van der Waals surface area contributed by atoms with Crippen molar-refractivity contribution in [1.29, 1.82) is 0 Å². The van der Waals surface area contributed by atoms with E-state index in [1.807, 2.05) is 0 Å². The fourth-order valence-corrected chi connectivity index (χ4v) is 1.88. The van der Waals surface area contributed by atoms with Gasteiger partial charge in [-0.15, -0.1) is 0 Å². The van der Waals surface area contributed by atoms with Crippen molar-refractivity contribution < 1.29 is 14.3 Å². The second-order valence-corrected chi connectivity index (χ2v) is 4.70. The van der Waals surface area contributed by atoms with Gasteiger partial charge in [-0.2, -0.15) is 0 Å². The minimum atomic E-state index is -0.297. The van der Waals surface area contributed by atoms with Gasteiger partial charge in [0.15, 0.2) is 0 Å². The number of nitrogen functional groups attached to an aromatic ring is 1. The van der Waals surface area contributed by atoms with E-state index in [1.165, 1.54) is 14.2 Å². The number of ether oxygens (including phenoxy) is 2. The zero-order chi connectivity index (χ0) is 15.4. The van der Waals surface area contributed by atoms with Crippen LogP contribution in [0.5, 0.6) is 11.5 Å². The van der Waals surface area contributed by atoms with Crippen molar-refractivity contribution >= 4 is 28.9 Å². The molecule has 0 aliphatic rings. The SMILES string of the molecule is COc1cc(OC)cc(C(=O)Nc2ccc(Cl)c(N)c2)c1. The van der Waals surface area contributed by atoms with Crippen LogP contribution in [0.3, 0.4) is 0 Å². The fourth-order valence-electron chi connectivity index (χ4n) is 1.76. The van der Waals surface area contributed by atoms with E-state index in [0.29, 0.717) is 33.5 Å². The van der Waals surface area contributed by atoms with Crippen LogP contribution in [0.25, 0.3) is 0 Å². The maximum atomic E-state index is 12.3. The second kappa shape index (κ2) is 6.37. The van der Waals surface area contributed by atoms with Crippen molar-refractivity contribution in [2.45, 2.75) is 0 Å². The van der Waals surface area contributed by atoms with Crippen LogP contribution in [0.15, 0.2) is 36.4 Å². The molecule has 0 aliphatic heterocycles. The molecule has 110 valence electrons. The first-order valence-electron chi connectivity index (χ1n) is 6.13. The van der Waals surface area contributed by atoms with Gasteiger partial charge in [0.05, 0.1) is 24.9 Å². The smallest absolute Gasteiger partial charge is 0.255 e. The Balaban J connectivity index is 2.25. The topological polar surface area (TPSA) is 73.6 Å². The Morgan fingerprint density at radius 1 is 1.10 bits per heavy atom. The van der Waals surface area contributed by atoms with Gasteiger partial charge < -0.3 is 20.5 Å². The minimum Gasteiger partial charge on any atom is -0.497 e. The zero-order valence-electron chi connectivity index (χ0n) is 11.6. The normalized spacial score (nSPS) is 10.0. The van der Waals surface area contributed by atoms with Crippen molar-refractivity contribution in [3.63, 3.8) is 0 Å². The highest BCUT2D eigenvalue weighted by molar-refractivity contribution is 6.33. The Bertz CT molecular complexity index is 652. The molecule has 0 aliphatic carbocycles. The molecule has 0 saturated carbocycles. The predicted octanol–water partition coefficient (Wildman–Crippen LogP) is 3.19. The summed E-state index contributed by atoms with van der Waals surface area (Å²) in [6, 6.07) is 9.83. The van der Waals surface area contributed by atoms with Crippen LogP contribution < -0.4 is 20.5 Å². The molecule has 2 rings (SSSR count). The number of rotatable bonds is 4. The summed E-state index contributed by atoms with van der Waals surface area (Å²) in [7, 11) is 3.05. The third kappa shape index (κ3) is 3.58. The summed E-state index contributed by atoms with van der Waals surface area (Å²) in [6.07, 6.45) is 0. The largest absolute Gasteiger partial charge is 0.497 e. The first-order chi connectivity index (χ1) is 10.0. The summed E-state index contributed by atoms with van der Waals surface area (Å²) >= 11 is 5.84. The lowest BCUT2D eigenvalue weighted by Gasteiger charge is -2.10. The van der Waals surface area contributed by atoms with Gasteiger partial charge in [-0.3, -0.25) is 4.79 Å². The van der Waals surface area contributed by atoms with Crippen LogP contribution in [0.1, 0.15) is 10.4 Å². The monoisotopic (exact) mass is 306 g/mol. The second-order valence-electron chi connectivity index (χ2n) is 4.29. The molecule has 0 radical (unpaired) electrons. The number of halogens is 1. The molecule has 0 spiro atoms. The van der Waals surface area contributed by atoms with Gasteiger partial charge in [0.2, 0.25) is 0 Å². The van der Waals surface area contributed by atoms with Crippen molar-refractivity contribution in [3.8, 4) is 11.5 Å². The number of nitrogens with two attached hydrogens (primary N) is 1. The minimum absolute atomic E-state index is 0.297. The molecule has 6 heteroatoms. The maximum Gasteiger partial charge on any atom is 0.255 e. The Labute approximate surface area is 127 Å². The van der Waals surface area contributed by atoms with Gasteiger partial charge in [0, 0.05) is 17.3 Å². The highest BCUT2D eigenvalue weighted by Crippen LogP contribution is 2.25. The summed E-state index contributed by atoms with van der Waals surface area (Å²) in [6.45, 7) is 0. The Hall–Kier alpha value is -2.40. The van der Waals surface area contributed by atoms with Gasteiger partial charge in [-0.1, -0.05) is 11.6 Å². The number of carbonyl (C=O) groups is 1. The van der Waals surface area contributed by atoms with Crippen molar-refractivity contribution in [3.05, 3.63) is 47.0 Å². The van der Waals surface area contributed by atoms with Crippen molar-refractivity contribution in [2.75, 3.05) is 25.3 Å². The van der Waals surface area contributed by atoms with E-state index in [0.717, 1.165) is 0 Å². The molecule has 5 nitrogen and oxygen atoms in total. The number of benzene rings is 2. The number of nitrogens with one attached hydrogen (secondary N) is 1. The third-order valence-corrected chi connectivity index (χ3v) is 3.21. The van der Waals surface area contributed by atoms with Crippen LogP contribution in [-0.2, 0) is 0 Å². The highest BCUT2D eigenvalue weighted by Gasteiger charge is 2.10. The number of hydrogen-bond acceptors (Lipinski definition) is 4. The maximum absolute atomic E-state index is 12.3. The fraction of sp³-hybridized carbons (Fsp3) is 0.133. The summed E-state index contributed by atoms with van der Waals surface area (Å²) in [5, 5.41) is 3.18. The van der Waals surface area contributed by atoms with E-state index in [4.69, 9.17) is 26.8 Å². The molecule has 21 heavy (non-hydrogen) atoms. The molecule has 0 atom stereocenters. The number of anilines is 2. The van der Waals surface area contributed by atoms with Gasteiger partial charge >= 0.3 is 0 Å². The van der Waals surface area contributed by atoms with Crippen molar-refractivity contribution in [2.24, 2.45) is 0 Å². The lowest BCUT2D eigenvalue weighted by molar-refractivity contribution is 0.102. The molecule has 0 aromatic heterocycles. The standard InChI is InChI=1S/C15H15ClN2O3/c1-20-11-5-9(6-12(8-11)21-2)15(19)18-10-3-4-13(16)14(17)7-10/h3-8H,17H2,1-2H3,(H,18,19). The number of hydrogen-bond donors (Lipinski definition) is 2. The number of methoxy groups -OCH3 is 2. The molecule has 0 saturated heterocycles. The summed E-state index contributed by atoms with van der Waals surface area (Å²) in [4.78, 5) is 12.3. The summed E-state index contributed by atoms with van der Waals surface area (Å²) in [5.41, 5.74) is 7.08. The van der Waals surface area contributed by atoms with E-state index in [1.54, 1.807) is 36.4 Å². The third-order valence-electron chi connectivity index (χ3n) is 2.87. The highest BCUT2D eigenvalue weighted by atomic mass is 35.5. The van der Waals surface area contributed by atoms with Crippen LogP contribution in [0.2, 0.25) is 5.02 Å². The quantitative estimate of drug-likeness (QED) is 0.851. The Morgan fingerprint density at radius 3 is 2.24 bits per heavy atom. The molecule has 1 amide bonds. The summed E-state index contributed by atoms with van der Waals surface area (Å²) < 4.78 is 10.3. The first-order valence-corrected chi connectivity index (χ1v) is 6.50. The van der Waals surface area contributed by atoms with Gasteiger partial charge in [-0.05, 0) is 30.3 Å². The van der Waals surface area contributed by atoms with Crippen LogP contribution in [-0.4, -0.2) is 20.1 Å². The van der Waals surface area contributed by atoms with E-state index in [9.17, 15) is 4.79 Å². The van der Waals surface area contributed by atoms with Crippen LogP contribution in [0, 0.1) is 0 Å².